The van der Waals surface area contributed by atoms with Crippen molar-refractivity contribution in [2.24, 2.45) is 0 Å². The smallest absolute Gasteiger partial charge is 0.127 e. The zero-order chi connectivity index (χ0) is 13.9. The lowest BCUT2D eigenvalue weighted by atomic mass is 10.1. The fourth-order valence-corrected chi connectivity index (χ4v) is 3.39. The lowest BCUT2D eigenvalue weighted by Crippen LogP contribution is -2.44. The summed E-state index contributed by atoms with van der Waals surface area (Å²) in [5.41, 5.74) is 2.54. The van der Waals surface area contributed by atoms with Gasteiger partial charge >= 0.3 is 0 Å². The van der Waals surface area contributed by atoms with Crippen LogP contribution in [0.1, 0.15) is 11.1 Å². The van der Waals surface area contributed by atoms with Crippen LogP contribution in [0.5, 0.6) is 5.75 Å². The standard InChI is InChI=1S/C15H21BrN2O2/c1-18-3-5-19-14(10-18)9-17-8-12-7-13(16)6-11-2-4-20-15(11)12/h6-7,14,17H,2-5,8-10H2,1H3. The second kappa shape index (κ2) is 6.43. The molecule has 0 spiro atoms. The quantitative estimate of drug-likeness (QED) is 0.906. The maximum atomic E-state index is 5.76. The van der Waals surface area contributed by atoms with Crippen LogP contribution in [0.4, 0.5) is 0 Å². The minimum absolute atomic E-state index is 0.287. The number of nitrogens with one attached hydrogen (secondary N) is 1. The second-order valence-corrected chi connectivity index (χ2v) is 6.45. The van der Waals surface area contributed by atoms with Gasteiger partial charge in [0.25, 0.3) is 0 Å². The molecule has 0 aliphatic carbocycles. The minimum Gasteiger partial charge on any atom is -0.493 e. The normalized spacial score (nSPS) is 22.6. The van der Waals surface area contributed by atoms with Gasteiger partial charge in [-0.3, -0.25) is 0 Å². The summed E-state index contributed by atoms with van der Waals surface area (Å²) in [7, 11) is 2.14. The van der Waals surface area contributed by atoms with Crippen LogP contribution in [-0.2, 0) is 17.7 Å². The molecule has 2 heterocycles. The minimum atomic E-state index is 0.287. The Balaban J connectivity index is 1.56. The van der Waals surface area contributed by atoms with E-state index in [0.29, 0.717) is 0 Å². The van der Waals surface area contributed by atoms with Gasteiger partial charge in [-0.15, -0.1) is 0 Å². The predicted octanol–water partition coefficient (Wildman–Crippen LogP) is 1.80. The fraction of sp³-hybridized carbons (Fsp3) is 0.600. The molecule has 2 aliphatic heterocycles. The van der Waals surface area contributed by atoms with Gasteiger partial charge in [0.2, 0.25) is 0 Å². The summed E-state index contributed by atoms with van der Waals surface area (Å²) in [5, 5.41) is 3.50. The number of benzene rings is 1. The third-order valence-corrected chi connectivity index (χ3v) is 4.31. The first-order chi connectivity index (χ1) is 9.72. The molecule has 1 unspecified atom stereocenters. The van der Waals surface area contributed by atoms with Crippen LogP contribution in [0.3, 0.4) is 0 Å². The Hall–Kier alpha value is -0.620. The molecule has 110 valence electrons. The van der Waals surface area contributed by atoms with Gasteiger partial charge in [-0.25, -0.2) is 0 Å². The Bertz CT molecular complexity index is 481. The topological polar surface area (TPSA) is 33.7 Å². The molecule has 1 fully saturated rings. The zero-order valence-electron chi connectivity index (χ0n) is 11.8. The van der Waals surface area contributed by atoms with Crippen molar-refractivity contribution in [1.29, 1.82) is 0 Å². The number of fused-ring (bicyclic) bond motifs is 1. The van der Waals surface area contributed by atoms with Crippen molar-refractivity contribution in [2.75, 3.05) is 39.9 Å². The Labute approximate surface area is 128 Å². The van der Waals surface area contributed by atoms with E-state index in [-0.39, 0.29) is 6.10 Å². The van der Waals surface area contributed by atoms with E-state index < -0.39 is 0 Å². The van der Waals surface area contributed by atoms with Gasteiger partial charge < -0.3 is 19.7 Å². The van der Waals surface area contributed by atoms with Gasteiger partial charge in [0.05, 0.1) is 19.3 Å². The van der Waals surface area contributed by atoms with Gasteiger partial charge in [-0.1, -0.05) is 15.9 Å². The highest BCUT2D eigenvalue weighted by Crippen LogP contribution is 2.32. The molecule has 0 radical (unpaired) electrons. The molecule has 1 saturated heterocycles. The largest absolute Gasteiger partial charge is 0.493 e. The molecule has 0 aromatic heterocycles. The number of hydrogen-bond donors (Lipinski definition) is 1. The van der Waals surface area contributed by atoms with Crippen molar-refractivity contribution in [3.05, 3.63) is 27.7 Å². The molecule has 20 heavy (non-hydrogen) atoms. The van der Waals surface area contributed by atoms with Crippen LogP contribution in [0.2, 0.25) is 0 Å². The van der Waals surface area contributed by atoms with Crippen LogP contribution in [-0.4, -0.2) is 50.9 Å². The van der Waals surface area contributed by atoms with Crippen LogP contribution in [0, 0.1) is 0 Å². The number of hydrogen-bond acceptors (Lipinski definition) is 4. The Kier molecular flexibility index (Phi) is 4.61. The molecule has 1 N–H and O–H groups in total. The van der Waals surface area contributed by atoms with Gasteiger partial charge in [-0.2, -0.15) is 0 Å². The van der Waals surface area contributed by atoms with E-state index >= 15 is 0 Å². The zero-order valence-corrected chi connectivity index (χ0v) is 13.4. The molecular formula is C15H21BrN2O2. The Morgan fingerprint density at radius 2 is 2.30 bits per heavy atom. The van der Waals surface area contributed by atoms with Gasteiger partial charge in [0, 0.05) is 42.6 Å². The summed E-state index contributed by atoms with van der Waals surface area (Å²) >= 11 is 3.58. The van der Waals surface area contributed by atoms with Crippen LogP contribution in [0.25, 0.3) is 0 Å². The second-order valence-electron chi connectivity index (χ2n) is 5.54. The van der Waals surface area contributed by atoms with E-state index in [0.717, 1.165) is 56.0 Å². The molecule has 1 aromatic carbocycles. The van der Waals surface area contributed by atoms with Crippen molar-refractivity contribution in [3.63, 3.8) is 0 Å². The lowest BCUT2D eigenvalue weighted by molar-refractivity contribution is -0.0182. The third kappa shape index (κ3) is 3.34. The molecular weight excluding hydrogens is 320 g/mol. The summed E-state index contributed by atoms with van der Waals surface area (Å²) in [6.45, 7) is 5.37. The van der Waals surface area contributed by atoms with Crippen molar-refractivity contribution in [2.45, 2.75) is 19.1 Å². The number of likely N-dealkylation sites (N-methyl/N-ethyl adjacent to an activating group) is 1. The summed E-state index contributed by atoms with van der Waals surface area (Å²) < 4.78 is 12.6. The van der Waals surface area contributed by atoms with E-state index in [2.05, 4.69) is 45.3 Å². The average Bonchev–Trinajstić information content (AvgIpc) is 2.87. The van der Waals surface area contributed by atoms with Crippen molar-refractivity contribution >= 4 is 15.9 Å². The molecule has 5 heteroatoms. The van der Waals surface area contributed by atoms with Crippen LogP contribution in [0.15, 0.2) is 16.6 Å². The lowest BCUT2D eigenvalue weighted by Gasteiger charge is -2.30. The van der Waals surface area contributed by atoms with Crippen molar-refractivity contribution < 1.29 is 9.47 Å². The summed E-state index contributed by atoms with van der Waals surface area (Å²) in [5.74, 6) is 1.07. The first-order valence-corrected chi connectivity index (χ1v) is 7.96. The number of ether oxygens (including phenoxy) is 2. The Morgan fingerprint density at radius 1 is 1.40 bits per heavy atom. The predicted molar refractivity (Wildman–Crippen MR) is 82.3 cm³/mol. The average molecular weight is 341 g/mol. The highest BCUT2D eigenvalue weighted by molar-refractivity contribution is 9.10. The third-order valence-electron chi connectivity index (χ3n) is 3.85. The SMILES string of the molecule is CN1CCOC(CNCc2cc(Br)cc3c2OCC3)C1. The number of morpholine rings is 1. The molecule has 0 bridgehead atoms. The van der Waals surface area contributed by atoms with Gasteiger partial charge in [0.1, 0.15) is 5.75 Å². The van der Waals surface area contributed by atoms with E-state index in [1.54, 1.807) is 0 Å². The molecule has 1 atom stereocenters. The first-order valence-electron chi connectivity index (χ1n) is 7.17. The number of nitrogens with zero attached hydrogens (tertiary/aromatic N) is 1. The monoisotopic (exact) mass is 340 g/mol. The first kappa shape index (κ1) is 14.3. The molecule has 2 aliphatic rings. The van der Waals surface area contributed by atoms with Crippen molar-refractivity contribution in [3.8, 4) is 5.75 Å². The van der Waals surface area contributed by atoms with Crippen LogP contribution >= 0.6 is 15.9 Å². The van der Waals surface area contributed by atoms with Gasteiger partial charge in [0.15, 0.2) is 0 Å². The molecule has 4 nitrogen and oxygen atoms in total. The summed E-state index contributed by atoms with van der Waals surface area (Å²) in [4.78, 5) is 2.32. The van der Waals surface area contributed by atoms with E-state index in [1.807, 2.05) is 0 Å². The molecule has 0 saturated carbocycles. The molecule has 1 aromatic rings. The number of rotatable bonds is 4. The maximum absolute atomic E-state index is 5.76. The number of halogens is 1. The van der Waals surface area contributed by atoms with Crippen molar-refractivity contribution in [1.82, 2.24) is 10.2 Å². The van der Waals surface area contributed by atoms with Crippen LogP contribution < -0.4 is 10.1 Å². The molecule has 0 amide bonds. The van der Waals surface area contributed by atoms with E-state index in [1.165, 1.54) is 11.1 Å². The summed E-state index contributed by atoms with van der Waals surface area (Å²) in [6, 6.07) is 4.30. The highest BCUT2D eigenvalue weighted by atomic mass is 79.9. The summed E-state index contributed by atoms with van der Waals surface area (Å²) in [6.07, 6.45) is 1.30. The fourth-order valence-electron chi connectivity index (χ4n) is 2.84. The maximum Gasteiger partial charge on any atom is 0.127 e. The highest BCUT2D eigenvalue weighted by Gasteiger charge is 2.19. The van der Waals surface area contributed by atoms with Gasteiger partial charge in [-0.05, 0) is 24.7 Å². The Morgan fingerprint density at radius 3 is 3.15 bits per heavy atom. The van der Waals surface area contributed by atoms with E-state index in [4.69, 9.17) is 9.47 Å². The van der Waals surface area contributed by atoms with E-state index in [9.17, 15) is 0 Å². The molecule has 3 rings (SSSR count).